The highest BCUT2D eigenvalue weighted by Gasteiger charge is 2.30. The SMILES string of the molecule is Cc1nc2sccn2c1CN1CCCC(c2[nH]ncc2C(=O)N(C)C2CCCCC2)C1. The molecule has 7 nitrogen and oxygen atoms in total. The maximum Gasteiger partial charge on any atom is 0.257 e. The minimum Gasteiger partial charge on any atom is -0.339 e. The first-order valence-corrected chi connectivity index (χ1v) is 12.4. The normalized spacial score (nSPS) is 21.0. The van der Waals surface area contributed by atoms with Crippen LogP contribution >= 0.6 is 11.3 Å². The zero-order valence-corrected chi connectivity index (χ0v) is 19.3. The van der Waals surface area contributed by atoms with Crippen LogP contribution in [0.2, 0.25) is 0 Å². The minimum absolute atomic E-state index is 0.124. The van der Waals surface area contributed by atoms with Gasteiger partial charge in [-0.15, -0.1) is 11.3 Å². The van der Waals surface area contributed by atoms with Crippen molar-refractivity contribution in [2.45, 2.75) is 70.4 Å². The Morgan fingerprint density at radius 2 is 2.10 bits per heavy atom. The third-order valence-corrected chi connectivity index (χ3v) is 7.95. The van der Waals surface area contributed by atoms with E-state index in [1.807, 2.05) is 11.9 Å². The number of fused-ring (bicyclic) bond motifs is 1. The first-order valence-electron chi connectivity index (χ1n) is 11.6. The highest BCUT2D eigenvalue weighted by Crippen LogP contribution is 2.31. The number of carbonyl (C=O) groups excluding carboxylic acids is 1. The molecule has 5 rings (SSSR count). The number of nitrogens with zero attached hydrogens (tertiary/aromatic N) is 5. The van der Waals surface area contributed by atoms with Crippen molar-refractivity contribution in [2.24, 2.45) is 0 Å². The average Bonchev–Trinajstić information content (AvgIpc) is 3.52. The van der Waals surface area contributed by atoms with Crippen molar-refractivity contribution in [3.05, 3.63) is 40.4 Å². The summed E-state index contributed by atoms with van der Waals surface area (Å²) in [5.74, 6) is 0.431. The molecule has 0 aromatic carbocycles. The topological polar surface area (TPSA) is 69.5 Å². The van der Waals surface area contributed by atoms with Gasteiger partial charge in [-0.1, -0.05) is 19.3 Å². The van der Waals surface area contributed by atoms with Crippen LogP contribution in [-0.4, -0.2) is 61.5 Å². The van der Waals surface area contributed by atoms with Gasteiger partial charge in [-0.05, 0) is 39.2 Å². The van der Waals surface area contributed by atoms with E-state index in [-0.39, 0.29) is 5.91 Å². The lowest BCUT2D eigenvalue weighted by Gasteiger charge is -2.34. The van der Waals surface area contributed by atoms with Crippen LogP contribution < -0.4 is 0 Å². The van der Waals surface area contributed by atoms with Gasteiger partial charge in [0.2, 0.25) is 0 Å². The monoisotopic (exact) mass is 440 g/mol. The van der Waals surface area contributed by atoms with Crippen molar-refractivity contribution in [2.75, 3.05) is 20.1 Å². The molecule has 0 bridgehead atoms. The highest BCUT2D eigenvalue weighted by atomic mass is 32.1. The lowest BCUT2D eigenvalue weighted by Crippen LogP contribution is -2.39. The fourth-order valence-electron chi connectivity index (χ4n) is 5.38. The highest BCUT2D eigenvalue weighted by molar-refractivity contribution is 7.15. The Balaban J connectivity index is 1.31. The van der Waals surface area contributed by atoms with Crippen LogP contribution in [0.1, 0.15) is 78.3 Å². The molecule has 2 aliphatic rings. The van der Waals surface area contributed by atoms with Gasteiger partial charge in [-0.3, -0.25) is 19.2 Å². The summed E-state index contributed by atoms with van der Waals surface area (Å²) in [4.78, 5) is 23.5. The van der Waals surface area contributed by atoms with E-state index < -0.39 is 0 Å². The summed E-state index contributed by atoms with van der Waals surface area (Å²) in [6, 6.07) is 0.365. The molecule has 1 aliphatic carbocycles. The van der Waals surface area contributed by atoms with Crippen LogP contribution in [0, 0.1) is 6.92 Å². The Morgan fingerprint density at radius 1 is 1.26 bits per heavy atom. The van der Waals surface area contributed by atoms with E-state index in [0.717, 1.165) is 67.2 Å². The number of likely N-dealkylation sites (tertiary alicyclic amines) is 1. The van der Waals surface area contributed by atoms with E-state index >= 15 is 0 Å². The number of aromatic nitrogens is 4. The van der Waals surface area contributed by atoms with Gasteiger partial charge in [0.05, 0.1) is 28.8 Å². The lowest BCUT2D eigenvalue weighted by molar-refractivity contribution is 0.0693. The van der Waals surface area contributed by atoms with Gasteiger partial charge >= 0.3 is 0 Å². The molecule has 31 heavy (non-hydrogen) atoms. The molecule has 3 aromatic heterocycles. The summed E-state index contributed by atoms with van der Waals surface area (Å²) in [6.45, 7) is 5.00. The number of hydrogen-bond acceptors (Lipinski definition) is 5. The smallest absolute Gasteiger partial charge is 0.257 e. The Bertz CT molecular complexity index is 1050. The molecule has 1 amide bonds. The van der Waals surface area contributed by atoms with Gasteiger partial charge in [0.15, 0.2) is 4.96 Å². The number of nitrogens with one attached hydrogen (secondary N) is 1. The molecule has 1 atom stereocenters. The average molecular weight is 441 g/mol. The number of thiazole rings is 1. The van der Waals surface area contributed by atoms with Gasteiger partial charge in [0.1, 0.15) is 0 Å². The molecule has 1 saturated carbocycles. The second-order valence-electron chi connectivity index (χ2n) is 9.18. The first kappa shape index (κ1) is 20.7. The summed E-state index contributed by atoms with van der Waals surface area (Å²) >= 11 is 1.68. The fraction of sp³-hybridized carbons (Fsp3) is 0.609. The summed E-state index contributed by atoms with van der Waals surface area (Å²) in [6.07, 6.45) is 12.1. The molecule has 1 saturated heterocycles. The van der Waals surface area contributed by atoms with Crippen LogP contribution in [0.3, 0.4) is 0 Å². The number of piperidine rings is 1. The summed E-state index contributed by atoms with van der Waals surface area (Å²) in [5, 5.41) is 9.57. The van der Waals surface area contributed by atoms with Crippen molar-refractivity contribution in [3.63, 3.8) is 0 Å². The largest absolute Gasteiger partial charge is 0.339 e. The third kappa shape index (κ3) is 4.03. The lowest BCUT2D eigenvalue weighted by atomic mass is 9.91. The number of carbonyl (C=O) groups is 1. The molecule has 1 unspecified atom stereocenters. The number of imidazole rings is 1. The van der Waals surface area contributed by atoms with E-state index in [9.17, 15) is 4.79 Å². The van der Waals surface area contributed by atoms with Crippen molar-refractivity contribution in [1.29, 1.82) is 0 Å². The van der Waals surface area contributed by atoms with Gasteiger partial charge in [0.25, 0.3) is 5.91 Å². The Labute approximate surface area is 187 Å². The molecule has 8 heteroatoms. The van der Waals surface area contributed by atoms with E-state index in [0.29, 0.717) is 12.0 Å². The number of aromatic amines is 1. The van der Waals surface area contributed by atoms with Gasteiger partial charge in [-0.2, -0.15) is 5.10 Å². The van der Waals surface area contributed by atoms with Gasteiger partial charge < -0.3 is 4.90 Å². The van der Waals surface area contributed by atoms with Crippen molar-refractivity contribution < 1.29 is 4.79 Å². The predicted molar refractivity (Wildman–Crippen MR) is 123 cm³/mol. The van der Waals surface area contributed by atoms with Crippen LogP contribution in [0.5, 0.6) is 0 Å². The molecule has 166 valence electrons. The second-order valence-corrected chi connectivity index (χ2v) is 10.1. The quantitative estimate of drug-likeness (QED) is 0.645. The first-order chi connectivity index (χ1) is 15.1. The number of amides is 1. The third-order valence-electron chi connectivity index (χ3n) is 7.19. The van der Waals surface area contributed by atoms with E-state index in [4.69, 9.17) is 4.98 Å². The molecule has 1 N–H and O–H groups in total. The number of aryl methyl sites for hydroxylation is 1. The maximum atomic E-state index is 13.3. The van der Waals surface area contributed by atoms with Crippen LogP contribution in [0.4, 0.5) is 0 Å². The van der Waals surface area contributed by atoms with Crippen LogP contribution in [0.15, 0.2) is 17.8 Å². The van der Waals surface area contributed by atoms with E-state index in [2.05, 4.69) is 38.0 Å². The zero-order chi connectivity index (χ0) is 21.4. The zero-order valence-electron chi connectivity index (χ0n) is 18.5. The predicted octanol–water partition coefficient (Wildman–Crippen LogP) is 4.21. The number of rotatable bonds is 5. The number of H-pyrrole nitrogens is 1. The molecule has 0 spiro atoms. The van der Waals surface area contributed by atoms with Crippen LogP contribution in [-0.2, 0) is 6.54 Å². The standard InChI is InChI=1S/C23H32N6OS/c1-16-20(29-11-12-31-23(29)25-16)15-28-10-6-7-17(14-28)21-19(13-24-26-21)22(30)27(2)18-8-4-3-5-9-18/h11-13,17-18H,3-10,14-15H2,1-2H3,(H,24,26). The minimum atomic E-state index is 0.124. The summed E-state index contributed by atoms with van der Waals surface area (Å²) < 4.78 is 2.22. The van der Waals surface area contributed by atoms with Gasteiger partial charge in [0, 0.05) is 43.7 Å². The summed E-state index contributed by atoms with van der Waals surface area (Å²) in [5.41, 5.74) is 4.17. The Morgan fingerprint density at radius 3 is 2.94 bits per heavy atom. The van der Waals surface area contributed by atoms with E-state index in [1.165, 1.54) is 25.0 Å². The molecule has 0 radical (unpaired) electrons. The number of hydrogen-bond donors (Lipinski definition) is 1. The van der Waals surface area contributed by atoms with Gasteiger partial charge in [-0.25, -0.2) is 4.98 Å². The van der Waals surface area contributed by atoms with Crippen molar-refractivity contribution in [1.82, 2.24) is 29.4 Å². The molecule has 2 fully saturated rings. The maximum absolute atomic E-state index is 13.3. The molecule has 4 heterocycles. The van der Waals surface area contributed by atoms with Crippen LogP contribution in [0.25, 0.3) is 4.96 Å². The molecule has 1 aliphatic heterocycles. The molecule has 3 aromatic rings. The second kappa shape index (κ2) is 8.74. The summed E-state index contributed by atoms with van der Waals surface area (Å²) in [7, 11) is 1.97. The fourth-order valence-corrected chi connectivity index (χ4v) is 6.16. The van der Waals surface area contributed by atoms with E-state index in [1.54, 1.807) is 17.5 Å². The Kier molecular flexibility index (Phi) is 5.84. The van der Waals surface area contributed by atoms with Crippen molar-refractivity contribution >= 4 is 22.2 Å². The molecular weight excluding hydrogens is 408 g/mol. The molecular formula is C23H32N6OS. The Hall–Kier alpha value is -2.19. The van der Waals surface area contributed by atoms with Crippen molar-refractivity contribution in [3.8, 4) is 0 Å².